The van der Waals surface area contributed by atoms with Crippen LogP contribution in [0.15, 0.2) is 6.20 Å². The SMILES string of the molecule is CCNc1nc(NC2CCC(OC)C2)c2cn[nH]c2n1. The summed E-state index contributed by atoms with van der Waals surface area (Å²) >= 11 is 0. The van der Waals surface area contributed by atoms with Crippen LogP contribution in [0.5, 0.6) is 0 Å². The smallest absolute Gasteiger partial charge is 0.226 e. The summed E-state index contributed by atoms with van der Waals surface area (Å²) in [6.45, 7) is 2.81. The predicted octanol–water partition coefficient (Wildman–Crippen LogP) is 1.76. The Morgan fingerprint density at radius 2 is 2.30 bits per heavy atom. The first-order chi connectivity index (χ1) is 9.80. The van der Waals surface area contributed by atoms with Crippen LogP contribution in [0.3, 0.4) is 0 Å². The van der Waals surface area contributed by atoms with Crippen LogP contribution in [0.25, 0.3) is 11.0 Å². The van der Waals surface area contributed by atoms with Crippen LogP contribution in [0, 0.1) is 0 Å². The van der Waals surface area contributed by atoms with Gasteiger partial charge in [0.1, 0.15) is 5.82 Å². The highest BCUT2D eigenvalue weighted by atomic mass is 16.5. The molecule has 0 spiro atoms. The van der Waals surface area contributed by atoms with E-state index in [2.05, 4.69) is 30.8 Å². The monoisotopic (exact) mass is 276 g/mol. The molecule has 2 heterocycles. The molecule has 2 aromatic heterocycles. The van der Waals surface area contributed by atoms with Crippen molar-refractivity contribution in [2.24, 2.45) is 0 Å². The lowest BCUT2D eigenvalue weighted by Gasteiger charge is -2.15. The summed E-state index contributed by atoms with van der Waals surface area (Å²) < 4.78 is 5.41. The average Bonchev–Trinajstić information content (AvgIpc) is 3.07. The largest absolute Gasteiger partial charge is 0.381 e. The molecule has 1 aliphatic carbocycles. The van der Waals surface area contributed by atoms with Crippen LogP contribution in [0.1, 0.15) is 26.2 Å². The van der Waals surface area contributed by atoms with Crippen LogP contribution in [0.2, 0.25) is 0 Å². The lowest BCUT2D eigenvalue weighted by Crippen LogP contribution is -2.19. The number of hydrogen-bond acceptors (Lipinski definition) is 6. The van der Waals surface area contributed by atoms with Gasteiger partial charge in [-0.1, -0.05) is 0 Å². The topological polar surface area (TPSA) is 87.8 Å². The van der Waals surface area contributed by atoms with E-state index in [1.165, 1.54) is 0 Å². The third kappa shape index (κ3) is 2.53. The van der Waals surface area contributed by atoms with Crippen molar-refractivity contribution in [3.05, 3.63) is 6.20 Å². The maximum Gasteiger partial charge on any atom is 0.226 e. The summed E-state index contributed by atoms with van der Waals surface area (Å²) in [5.74, 6) is 1.45. The van der Waals surface area contributed by atoms with Crippen LogP contribution in [0.4, 0.5) is 11.8 Å². The fourth-order valence-electron chi connectivity index (χ4n) is 2.66. The second-order valence-electron chi connectivity index (χ2n) is 5.07. The maximum atomic E-state index is 5.41. The molecule has 3 rings (SSSR count). The zero-order chi connectivity index (χ0) is 13.9. The Labute approximate surface area is 117 Å². The van der Waals surface area contributed by atoms with Gasteiger partial charge in [0.15, 0.2) is 5.65 Å². The van der Waals surface area contributed by atoms with E-state index in [9.17, 15) is 0 Å². The molecule has 1 fully saturated rings. The molecule has 20 heavy (non-hydrogen) atoms. The molecule has 0 bridgehead atoms. The van der Waals surface area contributed by atoms with Crippen LogP contribution >= 0.6 is 0 Å². The van der Waals surface area contributed by atoms with Gasteiger partial charge in [-0.2, -0.15) is 15.1 Å². The number of aromatic nitrogens is 4. The van der Waals surface area contributed by atoms with Crippen molar-refractivity contribution in [1.29, 1.82) is 0 Å². The highest BCUT2D eigenvalue weighted by Crippen LogP contribution is 2.27. The molecule has 2 atom stereocenters. The fraction of sp³-hybridized carbons (Fsp3) is 0.615. The van der Waals surface area contributed by atoms with Crippen molar-refractivity contribution >= 4 is 22.8 Å². The number of nitrogens with one attached hydrogen (secondary N) is 3. The van der Waals surface area contributed by atoms with E-state index in [1.54, 1.807) is 13.3 Å². The number of fused-ring (bicyclic) bond motifs is 1. The average molecular weight is 276 g/mol. The summed E-state index contributed by atoms with van der Waals surface area (Å²) in [6, 6.07) is 0.391. The molecule has 0 amide bonds. The van der Waals surface area contributed by atoms with Crippen molar-refractivity contribution in [1.82, 2.24) is 20.2 Å². The molecule has 108 valence electrons. The first-order valence-electron chi connectivity index (χ1n) is 7.04. The van der Waals surface area contributed by atoms with Gasteiger partial charge in [0.25, 0.3) is 0 Å². The normalized spacial score (nSPS) is 22.3. The molecule has 1 aliphatic rings. The Hall–Kier alpha value is -1.89. The number of rotatable bonds is 5. The maximum absolute atomic E-state index is 5.41. The molecular formula is C13H20N6O. The van der Waals surface area contributed by atoms with Crippen LogP contribution < -0.4 is 10.6 Å². The molecule has 3 N–H and O–H groups in total. The zero-order valence-electron chi connectivity index (χ0n) is 11.8. The van der Waals surface area contributed by atoms with Gasteiger partial charge in [0, 0.05) is 19.7 Å². The Morgan fingerprint density at radius 1 is 1.40 bits per heavy atom. The third-order valence-corrected chi connectivity index (χ3v) is 3.70. The van der Waals surface area contributed by atoms with Gasteiger partial charge in [-0.15, -0.1) is 0 Å². The molecule has 2 unspecified atom stereocenters. The van der Waals surface area contributed by atoms with Crippen LogP contribution in [-0.2, 0) is 4.74 Å². The van der Waals surface area contributed by atoms with E-state index >= 15 is 0 Å². The molecule has 0 radical (unpaired) electrons. The quantitative estimate of drug-likeness (QED) is 0.771. The van der Waals surface area contributed by atoms with E-state index in [0.717, 1.165) is 42.7 Å². The molecule has 0 aliphatic heterocycles. The van der Waals surface area contributed by atoms with Gasteiger partial charge in [0.05, 0.1) is 17.7 Å². The lowest BCUT2D eigenvalue weighted by atomic mass is 10.2. The minimum absolute atomic E-state index is 0.349. The third-order valence-electron chi connectivity index (χ3n) is 3.70. The molecule has 1 saturated carbocycles. The molecule has 0 aromatic carbocycles. The highest BCUT2D eigenvalue weighted by molar-refractivity contribution is 5.87. The molecule has 0 saturated heterocycles. The van der Waals surface area contributed by atoms with Gasteiger partial charge >= 0.3 is 0 Å². The van der Waals surface area contributed by atoms with E-state index in [0.29, 0.717) is 18.1 Å². The van der Waals surface area contributed by atoms with Crippen molar-refractivity contribution in [3.63, 3.8) is 0 Å². The van der Waals surface area contributed by atoms with Crippen LogP contribution in [-0.4, -0.2) is 46.0 Å². The van der Waals surface area contributed by atoms with Crippen molar-refractivity contribution in [2.45, 2.75) is 38.3 Å². The van der Waals surface area contributed by atoms with Crippen molar-refractivity contribution < 1.29 is 4.74 Å². The van der Waals surface area contributed by atoms with E-state index in [4.69, 9.17) is 4.74 Å². The van der Waals surface area contributed by atoms with Crippen molar-refractivity contribution in [3.8, 4) is 0 Å². The van der Waals surface area contributed by atoms with Gasteiger partial charge < -0.3 is 15.4 Å². The van der Waals surface area contributed by atoms with Gasteiger partial charge in [-0.05, 0) is 26.2 Å². The van der Waals surface area contributed by atoms with E-state index in [-0.39, 0.29) is 0 Å². The van der Waals surface area contributed by atoms with Gasteiger partial charge in [0.2, 0.25) is 5.95 Å². The Morgan fingerprint density at radius 3 is 3.05 bits per heavy atom. The fourth-order valence-corrected chi connectivity index (χ4v) is 2.66. The number of H-pyrrole nitrogens is 1. The second kappa shape index (κ2) is 5.62. The summed E-state index contributed by atoms with van der Waals surface area (Å²) in [6.07, 6.45) is 5.31. The molecule has 7 heteroatoms. The Bertz CT molecular complexity index is 583. The van der Waals surface area contributed by atoms with E-state index < -0.39 is 0 Å². The Balaban J connectivity index is 1.84. The summed E-state index contributed by atoms with van der Waals surface area (Å²) in [7, 11) is 1.77. The first-order valence-corrected chi connectivity index (χ1v) is 7.04. The second-order valence-corrected chi connectivity index (χ2v) is 5.07. The van der Waals surface area contributed by atoms with Gasteiger partial charge in [-0.3, -0.25) is 5.10 Å². The zero-order valence-corrected chi connectivity index (χ0v) is 11.8. The number of methoxy groups -OCH3 is 1. The standard InChI is InChI=1S/C13H20N6O/c1-3-14-13-17-11(10-7-15-19-12(10)18-13)16-8-4-5-9(6-8)20-2/h7-9H,3-6H2,1-2H3,(H3,14,15,16,17,18,19). The summed E-state index contributed by atoms with van der Waals surface area (Å²) in [5.41, 5.74) is 0.750. The summed E-state index contributed by atoms with van der Waals surface area (Å²) in [5, 5.41) is 14.5. The number of hydrogen-bond donors (Lipinski definition) is 3. The number of anilines is 2. The highest BCUT2D eigenvalue weighted by Gasteiger charge is 2.25. The lowest BCUT2D eigenvalue weighted by molar-refractivity contribution is 0.108. The summed E-state index contributed by atoms with van der Waals surface area (Å²) in [4.78, 5) is 8.93. The minimum Gasteiger partial charge on any atom is -0.381 e. The Kier molecular flexibility index (Phi) is 3.68. The minimum atomic E-state index is 0.349. The number of ether oxygens (including phenoxy) is 1. The molecular weight excluding hydrogens is 256 g/mol. The van der Waals surface area contributed by atoms with Gasteiger partial charge in [-0.25, -0.2) is 0 Å². The van der Waals surface area contributed by atoms with E-state index in [1.807, 2.05) is 6.92 Å². The molecule has 2 aromatic rings. The molecule has 7 nitrogen and oxygen atoms in total. The first kappa shape index (κ1) is 13.1. The number of aromatic amines is 1. The predicted molar refractivity (Wildman–Crippen MR) is 77.9 cm³/mol. The van der Waals surface area contributed by atoms with Crippen molar-refractivity contribution in [2.75, 3.05) is 24.3 Å². The number of nitrogens with zero attached hydrogens (tertiary/aromatic N) is 3.